The first-order valence-electron chi connectivity index (χ1n) is 6.88. The van der Waals surface area contributed by atoms with Crippen LogP contribution in [0.5, 0.6) is 0 Å². The molecule has 0 spiro atoms. The van der Waals surface area contributed by atoms with E-state index < -0.39 is 0 Å². The van der Waals surface area contributed by atoms with Crippen molar-refractivity contribution in [2.75, 3.05) is 30.4 Å². The fraction of sp³-hybridized carbons (Fsp3) is 0.429. The molecule has 0 unspecified atom stereocenters. The molecule has 0 bridgehead atoms. The molecule has 3 rings (SSSR count). The Hall–Kier alpha value is -2.24. The average Bonchev–Trinajstić information content (AvgIpc) is 2.56. The maximum atomic E-state index is 4.59. The van der Waals surface area contributed by atoms with Crippen molar-refractivity contribution < 1.29 is 0 Å². The topological polar surface area (TPSA) is 66.8 Å². The highest BCUT2D eigenvalue weighted by atomic mass is 15.2. The minimum atomic E-state index is 0.468. The molecule has 0 aromatic carbocycles. The summed E-state index contributed by atoms with van der Waals surface area (Å²) in [5, 5.41) is 3.04. The number of anilines is 2. The van der Waals surface area contributed by atoms with Crippen molar-refractivity contribution in [3.63, 3.8) is 0 Å². The van der Waals surface area contributed by atoms with Crippen LogP contribution in [-0.4, -0.2) is 40.1 Å². The normalized spacial score (nSPS) is 16.1. The molecule has 1 aliphatic rings. The van der Waals surface area contributed by atoms with Crippen LogP contribution in [0.15, 0.2) is 30.9 Å². The Kier molecular flexibility index (Phi) is 3.71. The van der Waals surface area contributed by atoms with Crippen LogP contribution in [0, 0.1) is 0 Å². The van der Waals surface area contributed by atoms with Crippen LogP contribution in [0.2, 0.25) is 0 Å². The highest BCUT2D eigenvalue weighted by Gasteiger charge is 2.23. The van der Waals surface area contributed by atoms with Gasteiger partial charge in [0.1, 0.15) is 5.82 Å². The Morgan fingerprint density at radius 1 is 1.15 bits per heavy atom. The lowest BCUT2D eigenvalue weighted by molar-refractivity contribution is 0.490. The summed E-state index contributed by atoms with van der Waals surface area (Å²) in [4.78, 5) is 19.7. The first kappa shape index (κ1) is 12.8. The number of hydrogen-bond donors (Lipinski definition) is 1. The lowest BCUT2D eigenvalue weighted by atomic mass is 9.94. The zero-order valence-electron chi connectivity index (χ0n) is 11.5. The summed E-state index contributed by atoms with van der Waals surface area (Å²) >= 11 is 0. The molecule has 0 saturated carbocycles. The van der Waals surface area contributed by atoms with Crippen molar-refractivity contribution in [3.8, 4) is 0 Å². The van der Waals surface area contributed by atoms with Crippen molar-refractivity contribution in [2.45, 2.75) is 18.8 Å². The molecule has 3 heterocycles. The van der Waals surface area contributed by atoms with E-state index in [1.54, 1.807) is 18.6 Å². The summed E-state index contributed by atoms with van der Waals surface area (Å²) in [7, 11) is 1.86. The first-order chi connectivity index (χ1) is 9.86. The second kappa shape index (κ2) is 5.81. The summed E-state index contributed by atoms with van der Waals surface area (Å²) in [5.74, 6) is 2.12. The van der Waals surface area contributed by atoms with Gasteiger partial charge in [0.05, 0.1) is 11.9 Å². The van der Waals surface area contributed by atoms with Crippen molar-refractivity contribution in [2.24, 2.45) is 0 Å². The lowest BCUT2D eigenvalue weighted by Gasteiger charge is -2.31. The number of nitrogens with zero attached hydrogens (tertiary/aromatic N) is 5. The number of piperidine rings is 1. The zero-order valence-corrected chi connectivity index (χ0v) is 11.5. The minimum Gasteiger partial charge on any atom is -0.372 e. The van der Waals surface area contributed by atoms with Gasteiger partial charge < -0.3 is 10.2 Å². The summed E-state index contributed by atoms with van der Waals surface area (Å²) in [6.07, 6.45) is 9.31. The number of rotatable bonds is 3. The maximum Gasteiger partial charge on any atom is 0.225 e. The van der Waals surface area contributed by atoms with E-state index in [0.29, 0.717) is 5.92 Å². The number of nitrogens with one attached hydrogen (secondary N) is 1. The van der Waals surface area contributed by atoms with Gasteiger partial charge in [-0.05, 0) is 18.9 Å². The maximum absolute atomic E-state index is 4.59. The van der Waals surface area contributed by atoms with Crippen molar-refractivity contribution in [1.82, 2.24) is 19.9 Å². The van der Waals surface area contributed by atoms with E-state index in [2.05, 4.69) is 30.2 Å². The Labute approximate surface area is 118 Å². The number of hydrogen-bond acceptors (Lipinski definition) is 6. The molecular weight excluding hydrogens is 252 g/mol. The highest BCUT2D eigenvalue weighted by molar-refractivity contribution is 5.33. The zero-order chi connectivity index (χ0) is 13.8. The summed E-state index contributed by atoms with van der Waals surface area (Å²) in [6, 6.07) is 1.84. The predicted octanol–water partition coefficient (Wildman–Crippen LogP) is 1.69. The van der Waals surface area contributed by atoms with Crippen LogP contribution < -0.4 is 10.2 Å². The van der Waals surface area contributed by atoms with Gasteiger partial charge in [-0.15, -0.1) is 0 Å². The second-order valence-electron chi connectivity index (χ2n) is 4.89. The Bertz CT molecular complexity index is 551. The third-order valence-electron chi connectivity index (χ3n) is 3.66. The van der Waals surface area contributed by atoms with Gasteiger partial charge in [-0.25, -0.2) is 15.0 Å². The Morgan fingerprint density at radius 2 is 1.90 bits per heavy atom. The van der Waals surface area contributed by atoms with Gasteiger partial charge in [0.25, 0.3) is 0 Å². The molecule has 104 valence electrons. The van der Waals surface area contributed by atoms with Gasteiger partial charge in [0, 0.05) is 44.6 Å². The van der Waals surface area contributed by atoms with E-state index in [0.717, 1.165) is 43.4 Å². The van der Waals surface area contributed by atoms with Crippen LogP contribution in [0.3, 0.4) is 0 Å². The lowest BCUT2D eigenvalue weighted by Crippen LogP contribution is -2.34. The molecule has 1 aliphatic heterocycles. The van der Waals surface area contributed by atoms with Crippen LogP contribution in [0.25, 0.3) is 0 Å². The SMILES string of the molecule is CNc1cncc(C2CCN(c3ncccn3)CC2)n1. The van der Waals surface area contributed by atoms with E-state index in [-0.39, 0.29) is 0 Å². The molecule has 0 radical (unpaired) electrons. The molecule has 6 heteroatoms. The standard InChI is InChI=1S/C14H18N6/c1-15-13-10-16-9-12(19-13)11-3-7-20(8-4-11)14-17-5-2-6-18-14/h2,5-6,9-11H,3-4,7-8H2,1H3,(H,15,19). The van der Waals surface area contributed by atoms with Crippen molar-refractivity contribution in [1.29, 1.82) is 0 Å². The van der Waals surface area contributed by atoms with E-state index in [1.807, 2.05) is 19.3 Å². The Balaban J connectivity index is 1.66. The van der Waals surface area contributed by atoms with E-state index in [4.69, 9.17) is 0 Å². The summed E-state index contributed by atoms with van der Waals surface area (Å²) in [5.41, 5.74) is 1.07. The fourth-order valence-corrected chi connectivity index (χ4v) is 2.53. The van der Waals surface area contributed by atoms with Crippen LogP contribution in [0.1, 0.15) is 24.5 Å². The van der Waals surface area contributed by atoms with Gasteiger partial charge in [-0.1, -0.05) is 0 Å². The van der Waals surface area contributed by atoms with E-state index in [9.17, 15) is 0 Å². The largest absolute Gasteiger partial charge is 0.372 e. The van der Waals surface area contributed by atoms with E-state index in [1.165, 1.54) is 0 Å². The molecule has 0 atom stereocenters. The average molecular weight is 270 g/mol. The van der Waals surface area contributed by atoms with Crippen LogP contribution in [0.4, 0.5) is 11.8 Å². The van der Waals surface area contributed by atoms with Gasteiger partial charge >= 0.3 is 0 Å². The molecule has 20 heavy (non-hydrogen) atoms. The monoisotopic (exact) mass is 270 g/mol. The second-order valence-corrected chi connectivity index (χ2v) is 4.89. The van der Waals surface area contributed by atoms with Gasteiger partial charge in [0.15, 0.2) is 0 Å². The fourth-order valence-electron chi connectivity index (χ4n) is 2.53. The van der Waals surface area contributed by atoms with Gasteiger partial charge in [0.2, 0.25) is 5.95 Å². The van der Waals surface area contributed by atoms with Crippen LogP contribution >= 0.6 is 0 Å². The molecule has 2 aromatic heterocycles. The summed E-state index contributed by atoms with van der Waals surface area (Å²) in [6.45, 7) is 1.92. The van der Waals surface area contributed by atoms with Crippen molar-refractivity contribution >= 4 is 11.8 Å². The van der Waals surface area contributed by atoms with Gasteiger partial charge in [-0.3, -0.25) is 4.98 Å². The summed E-state index contributed by atoms with van der Waals surface area (Å²) < 4.78 is 0. The highest BCUT2D eigenvalue weighted by Crippen LogP contribution is 2.28. The van der Waals surface area contributed by atoms with Gasteiger partial charge in [-0.2, -0.15) is 0 Å². The molecule has 1 fully saturated rings. The Morgan fingerprint density at radius 3 is 2.60 bits per heavy atom. The number of aromatic nitrogens is 4. The third-order valence-corrected chi connectivity index (χ3v) is 3.66. The quantitative estimate of drug-likeness (QED) is 0.915. The van der Waals surface area contributed by atoms with E-state index >= 15 is 0 Å². The molecule has 6 nitrogen and oxygen atoms in total. The smallest absolute Gasteiger partial charge is 0.225 e. The van der Waals surface area contributed by atoms with Crippen molar-refractivity contribution in [3.05, 3.63) is 36.5 Å². The molecule has 0 aliphatic carbocycles. The first-order valence-corrected chi connectivity index (χ1v) is 6.88. The molecule has 0 amide bonds. The predicted molar refractivity (Wildman–Crippen MR) is 77.8 cm³/mol. The molecule has 2 aromatic rings. The molecular formula is C14H18N6. The third kappa shape index (κ3) is 2.68. The van der Waals surface area contributed by atoms with Crippen LogP contribution in [-0.2, 0) is 0 Å². The minimum absolute atomic E-state index is 0.468. The molecule has 1 saturated heterocycles. The molecule has 1 N–H and O–H groups in total.